The van der Waals surface area contributed by atoms with Crippen molar-refractivity contribution in [1.82, 2.24) is 4.98 Å². The van der Waals surface area contributed by atoms with Crippen LogP contribution in [-0.2, 0) is 6.18 Å². The second-order valence-electron chi connectivity index (χ2n) is 5.30. The molecule has 0 atom stereocenters. The predicted molar refractivity (Wildman–Crippen MR) is 64.3 cm³/mol. The van der Waals surface area contributed by atoms with Crippen molar-refractivity contribution in [3.63, 3.8) is 0 Å². The van der Waals surface area contributed by atoms with Gasteiger partial charge in [-0.1, -0.05) is 19.8 Å². The number of aromatic nitrogens is 1. The summed E-state index contributed by atoms with van der Waals surface area (Å²) in [7, 11) is 0. The van der Waals surface area contributed by atoms with Crippen LogP contribution in [0.4, 0.5) is 19.0 Å². The third kappa shape index (κ3) is 3.15. The van der Waals surface area contributed by atoms with E-state index in [2.05, 4.69) is 17.2 Å². The van der Waals surface area contributed by atoms with Crippen LogP contribution in [0.1, 0.15) is 38.2 Å². The molecule has 0 saturated heterocycles. The Balaban J connectivity index is 2.01. The highest BCUT2D eigenvalue weighted by molar-refractivity contribution is 5.38. The van der Waals surface area contributed by atoms with E-state index < -0.39 is 11.7 Å². The summed E-state index contributed by atoms with van der Waals surface area (Å²) in [6.45, 7) is 2.85. The fourth-order valence-corrected chi connectivity index (χ4v) is 2.41. The molecule has 1 aliphatic carbocycles. The number of nitrogens with zero attached hydrogens (tertiary/aromatic N) is 1. The Morgan fingerprint density at radius 1 is 1.33 bits per heavy atom. The zero-order valence-corrected chi connectivity index (χ0v) is 10.3. The fourth-order valence-electron chi connectivity index (χ4n) is 2.41. The molecular formula is C13H17F3N2. The summed E-state index contributed by atoms with van der Waals surface area (Å²) in [4.78, 5) is 3.93. The van der Waals surface area contributed by atoms with Crippen molar-refractivity contribution in [3.05, 3.63) is 23.9 Å². The van der Waals surface area contributed by atoms with E-state index in [0.29, 0.717) is 12.4 Å². The molecule has 1 aliphatic rings. The Kier molecular flexibility index (Phi) is 3.50. The van der Waals surface area contributed by atoms with E-state index in [1.165, 1.54) is 19.0 Å². The molecule has 2 nitrogen and oxygen atoms in total. The topological polar surface area (TPSA) is 24.9 Å². The Bertz CT molecular complexity index is 409. The maximum atomic E-state index is 12.5. The molecule has 100 valence electrons. The molecule has 0 unspecified atom stereocenters. The van der Waals surface area contributed by atoms with Gasteiger partial charge in [-0.2, -0.15) is 13.2 Å². The number of pyridine rings is 1. The van der Waals surface area contributed by atoms with Crippen LogP contribution in [-0.4, -0.2) is 11.5 Å². The molecule has 1 fully saturated rings. The van der Waals surface area contributed by atoms with E-state index in [-0.39, 0.29) is 5.41 Å². The normalized spacial score (nSPS) is 18.9. The van der Waals surface area contributed by atoms with E-state index >= 15 is 0 Å². The van der Waals surface area contributed by atoms with Crippen LogP contribution in [0.15, 0.2) is 18.3 Å². The van der Waals surface area contributed by atoms with Gasteiger partial charge < -0.3 is 5.32 Å². The number of nitrogens with one attached hydrogen (secondary N) is 1. The first-order valence-corrected chi connectivity index (χ1v) is 6.16. The van der Waals surface area contributed by atoms with Crippen LogP contribution in [0.2, 0.25) is 0 Å². The second-order valence-corrected chi connectivity index (χ2v) is 5.30. The first-order chi connectivity index (χ1) is 8.39. The summed E-state index contributed by atoms with van der Waals surface area (Å²) in [5.74, 6) is 0.304. The lowest BCUT2D eigenvalue weighted by Crippen LogP contribution is -2.23. The van der Waals surface area contributed by atoms with Crippen LogP contribution in [0.5, 0.6) is 0 Å². The molecule has 1 aromatic rings. The number of alkyl halides is 3. The van der Waals surface area contributed by atoms with Gasteiger partial charge in [-0.3, -0.25) is 0 Å². The van der Waals surface area contributed by atoms with E-state index in [4.69, 9.17) is 0 Å². The van der Waals surface area contributed by atoms with Crippen molar-refractivity contribution in [1.29, 1.82) is 0 Å². The molecule has 1 N–H and O–H groups in total. The summed E-state index contributed by atoms with van der Waals surface area (Å²) in [6, 6.07) is 2.06. The van der Waals surface area contributed by atoms with Crippen molar-refractivity contribution in [2.45, 2.75) is 38.8 Å². The minimum atomic E-state index is -4.31. The van der Waals surface area contributed by atoms with Gasteiger partial charge in [0.25, 0.3) is 0 Å². The lowest BCUT2D eigenvalue weighted by molar-refractivity contribution is -0.137. The first-order valence-electron chi connectivity index (χ1n) is 6.16. The lowest BCUT2D eigenvalue weighted by atomic mass is 9.89. The smallest absolute Gasteiger partial charge is 0.370 e. The average Bonchev–Trinajstić information content (AvgIpc) is 2.74. The molecule has 0 bridgehead atoms. The molecule has 0 radical (unpaired) electrons. The molecule has 1 saturated carbocycles. The van der Waals surface area contributed by atoms with Crippen molar-refractivity contribution in [2.75, 3.05) is 11.9 Å². The third-order valence-electron chi connectivity index (χ3n) is 3.59. The molecule has 0 amide bonds. The van der Waals surface area contributed by atoms with Gasteiger partial charge in [0, 0.05) is 12.7 Å². The van der Waals surface area contributed by atoms with Gasteiger partial charge in [0.2, 0.25) is 0 Å². The van der Waals surface area contributed by atoms with Gasteiger partial charge >= 0.3 is 6.18 Å². The summed E-state index contributed by atoms with van der Waals surface area (Å²) in [6.07, 6.45) is 1.54. The zero-order valence-electron chi connectivity index (χ0n) is 10.3. The first kappa shape index (κ1) is 13.2. The molecule has 0 aromatic carbocycles. The van der Waals surface area contributed by atoms with Crippen molar-refractivity contribution in [2.24, 2.45) is 5.41 Å². The largest absolute Gasteiger partial charge is 0.416 e. The van der Waals surface area contributed by atoms with Gasteiger partial charge in [-0.25, -0.2) is 4.98 Å². The van der Waals surface area contributed by atoms with Gasteiger partial charge in [-0.05, 0) is 30.4 Å². The molecule has 2 rings (SSSR count). The molecule has 1 aromatic heterocycles. The standard InChI is InChI=1S/C13H17F3N2/c1-12(5-2-3-6-12)9-18-11-8-10(4-7-17-11)13(14,15)16/h4,7-8H,2-3,5-6,9H2,1H3,(H,17,18). The average molecular weight is 258 g/mol. The monoisotopic (exact) mass is 258 g/mol. The minimum absolute atomic E-state index is 0.190. The number of rotatable bonds is 3. The Labute approximate surface area is 105 Å². The number of anilines is 1. The van der Waals surface area contributed by atoms with Crippen molar-refractivity contribution >= 4 is 5.82 Å². The van der Waals surface area contributed by atoms with Crippen LogP contribution in [0.3, 0.4) is 0 Å². The highest BCUT2D eigenvalue weighted by Gasteiger charge is 2.31. The maximum Gasteiger partial charge on any atom is 0.416 e. The highest BCUT2D eigenvalue weighted by atomic mass is 19.4. The van der Waals surface area contributed by atoms with E-state index in [1.54, 1.807) is 0 Å². The fraction of sp³-hybridized carbons (Fsp3) is 0.615. The van der Waals surface area contributed by atoms with Crippen LogP contribution in [0.25, 0.3) is 0 Å². The van der Waals surface area contributed by atoms with Crippen molar-refractivity contribution < 1.29 is 13.2 Å². The predicted octanol–water partition coefficient (Wildman–Crippen LogP) is 4.09. The van der Waals surface area contributed by atoms with Gasteiger partial charge in [0.05, 0.1) is 5.56 Å². The van der Waals surface area contributed by atoms with Gasteiger partial charge in [0.15, 0.2) is 0 Å². The van der Waals surface area contributed by atoms with Crippen LogP contribution < -0.4 is 5.32 Å². The summed E-state index contributed by atoms with van der Waals surface area (Å²) >= 11 is 0. The van der Waals surface area contributed by atoms with E-state index in [1.807, 2.05) is 0 Å². The van der Waals surface area contributed by atoms with Gasteiger partial charge in [0.1, 0.15) is 5.82 Å². The molecule has 0 aliphatic heterocycles. The van der Waals surface area contributed by atoms with Crippen LogP contribution >= 0.6 is 0 Å². The molecular weight excluding hydrogens is 241 g/mol. The molecule has 0 spiro atoms. The molecule has 1 heterocycles. The Hall–Kier alpha value is -1.26. The minimum Gasteiger partial charge on any atom is -0.370 e. The molecule has 5 heteroatoms. The lowest BCUT2D eigenvalue weighted by Gasteiger charge is -2.24. The summed E-state index contributed by atoms with van der Waals surface area (Å²) in [5.41, 5.74) is -0.466. The molecule has 18 heavy (non-hydrogen) atoms. The zero-order chi connectivity index (χ0) is 13.2. The van der Waals surface area contributed by atoms with E-state index in [0.717, 1.165) is 25.0 Å². The SMILES string of the molecule is CC1(CNc2cc(C(F)(F)F)ccn2)CCCC1. The van der Waals surface area contributed by atoms with E-state index in [9.17, 15) is 13.2 Å². The van der Waals surface area contributed by atoms with Gasteiger partial charge in [-0.15, -0.1) is 0 Å². The van der Waals surface area contributed by atoms with Crippen LogP contribution in [0, 0.1) is 5.41 Å². The number of hydrogen-bond acceptors (Lipinski definition) is 2. The Morgan fingerprint density at radius 3 is 2.61 bits per heavy atom. The summed E-state index contributed by atoms with van der Waals surface area (Å²) in [5, 5.41) is 3.03. The number of halogens is 3. The highest BCUT2D eigenvalue weighted by Crippen LogP contribution is 2.37. The quantitative estimate of drug-likeness (QED) is 0.883. The van der Waals surface area contributed by atoms with Crippen molar-refractivity contribution in [3.8, 4) is 0 Å². The Morgan fingerprint density at radius 2 is 2.00 bits per heavy atom. The third-order valence-corrected chi connectivity index (χ3v) is 3.59. The second kappa shape index (κ2) is 4.78. The summed E-state index contributed by atoms with van der Waals surface area (Å²) < 4.78 is 37.6. The maximum absolute atomic E-state index is 12.5. The number of hydrogen-bond donors (Lipinski definition) is 1.